The Labute approximate surface area is 113 Å². The number of benzene rings is 1. The summed E-state index contributed by atoms with van der Waals surface area (Å²) in [7, 11) is 1.72. The average molecular weight is 260 g/mol. The van der Waals surface area contributed by atoms with Crippen LogP contribution in [0.25, 0.3) is 0 Å². The molecule has 3 rings (SSSR count). The number of carbonyl (C=O) groups is 1. The second-order valence-electron chi connectivity index (χ2n) is 5.66. The fourth-order valence-electron chi connectivity index (χ4n) is 3.48. The van der Waals surface area contributed by atoms with Crippen molar-refractivity contribution in [2.45, 2.75) is 31.1 Å². The molecule has 1 aromatic rings. The van der Waals surface area contributed by atoms with Gasteiger partial charge < -0.3 is 9.47 Å². The van der Waals surface area contributed by atoms with Crippen molar-refractivity contribution in [3.05, 3.63) is 29.8 Å². The third-order valence-electron chi connectivity index (χ3n) is 4.69. The van der Waals surface area contributed by atoms with Crippen LogP contribution in [0.4, 0.5) is 0 Å². The topological polar surface area (TPSA) is 35.5 Å². The number of hydrogen-bond donors (Lipinski definition) is 0. The van der Waals surface area contributed by atoms with Crippen LogP contribution < -0.4 is 4.74 Å². The van der Waals surface area contributed by atoms with E-state index < -0.39 is 0 Å². The summed E-state index contributed by atoms with van der Waals surface area (Å²) >= 11 is 0. The lowest BCUT2D eigenvalue weighted by Crippen LogP contribution is -2.53. The van der Waals surface area contributed by atoms with E-state index in [0.717, 1.165) is 44.6 Å². The quantitative estimate of drug-likeness (QED) is 0.838. The van der Waals surface area contributed by atoms with Crippen LogP contribution in [0.1, 0.15) is 31.2 Å². The van der Waals surface area contributed by atoms with Gasteiger partial charge in [-0.05, 0) is 24.8 Å². The van der Waals surface area contributed by atoms with E-state index in [4.69, 9.17) is 9.47 Å². The minimum absolute atomic E-state index is 0.0628. The molecule has 0 spiro atoms. The molecule has 19 heavy (non-hydrogen) atoms. The van der Waals surface area contributed by atoms with Crippen LogP contribution >= 0.6 is 0 Å². The number of para-hydroxylation sites is 1. The molecule has 0 bridgehead atoms. The Bertz CT molecular complexity index is 467. The molecule has 1 aromatic carbocycles. The van der Waals surface area contributed by atoms with Crippen LogP contribution in [0, 0.1) is 5.92 Å². The Balaban J connectivity index is 1.92. The molecule has 2 aliphatic rings. The lowest BCUT2D eigenvalue weighted by Gasteiger charge is -2.49. The minimum atomic E-state index is 0.0628. The third kappa shape index (κ3) is 2.06. The average Bonchev–Trinajstić information content (AvgIpc) is 2.40. The molecule has 0 atom stereocenters. The molecule has 0 amide bonds. The number of methoxy groups -OCH3 is 1. The number of rotatable bonds is 3. The first kappa shape index (κ1) is 12.7. The highest BCUT2D eigenvalue weighted by Crippen LogP contribution is 2.48. The van der Waals surface area contributed by atoms with Gasteiger partial charge in [0.15, 0.2) is 0 Å². The van der Waals surface area contributed by atoms with Gasteiger partial charge in [-0.3, -0.25) is 4.79 Å². The maximum atomic E-state index is 11.4. The minimum Gasteiger partial charge on any atom is -0.496 e. The molecule has 1 saturated heterocycles. The third-order valence-corrected chi connectivity index (χ3v) is 4.69. The molecule has 0 N–H and O–H groups in total. The van der Waals surface area contributed by atoms with Gasteiger partial charge in [-0.15, -0.1) is 0 Å². The smallest absolute Gasteiger partial charge is 0.132 e. The monoisotopic (exact) mass is 260 g/mol. The van der Waals surface area contributed by atoms with Crippen molar-refractivity contribution in [1.29, 1.82) is 0 Å². The predicted molar refractivity (Wildman–Crippen MR) is 72.5 cm³/mol. The molecular weight excluding hydrogens is 240 g/mol. The van der Waals surface area contributed by atoms with Gasteiger partial charge in [0.2, 0.25) is 0 Å². The second-order valence-corrected chi connectivity index (χ2v) is 5.66. The summed E-state index contributed by atoms with van der Waals surface area (Å²) < 4.78 is 11.0. The largest absolute Gasteiger partial charge is 0.496 e. The van der Waals surface area contributed by atoms with E-state index in [0.29, 0.717) is 11.7 Å². The maximum absolute atomic E-state index is 11.4. The fraction of sp³-hybridized carbons (Fsp3) is 0.562. The van der Waals surface area contributed by atoms with Crippen LogP contribution in [-0.4, -0.2) is 26.1 Å². The number of hydrogen-bond acceptors (Lipinski definition) is 3. The van der Waals surface area contributed by atoms with Gasteiger partial charge in [0.25, 0.3) is 0 Å². The van der Waals surface area contributed by atoms with Crippen LogP contribution in [0.5, 0.6) is 5.75 Å². The van der Waals surface area contributed by atoms with Gasteiger partial charge in [0, 0.05) is 23.8 Å². The van der Waals surface area contributed by atoms with E-state index in [9.17, 15) is 4.79 Å². The summed E-state index contributed by atoms with van der Waals surface area (Å²) in [6.45, 7) is 1.51. The summed E-state index contributed by atoms with van der Waals surface area (Å²) in [6, 6.07) is 8.23. The van der Waals surface area contributed by atoms with E-state index in [1.165, 1.54) is 5.56 Å². The van der Waals surface area contributed by atoms with Gasteiger partial charge in [-0.1, -0.05) is 18.2 Å². The SMILES string of the molecule is COc1ccccc1C1(C2CCC(=O)CC2)COC1. The summed E-state index contributed by atoms with van der Waals surface area (Å²) in [6.07, 6.45) is 3.42. The zero-order valence-corrected chi connectivity index (χ0v) is 11.4. The molecule has 3 nitrogen and oxygen atoms in total. The van der Waals surface area contributed by atoms with Crippen molar-refractivity contribution in [1.82, 2.24) is 0 Å². The van der Waals surface area contributed by atoms with Gasteiger partial charge in [-0.25, -0.2) is 0 Å². The van der Waals surface area contributed by atoms with Crippen LogP contribution in [0.15, 0.2) is 24.3 Å². The zero-order chi connectivity index (χ0) is 13.3. The molecular formula is C16H20O3. The Morgan fingerprint density at radius 3 is 2.47 bits per heavy atom. The van der Waals surface area contributed by atoms with Crippen molar-refractivity contribution in [2.24, 2.45) is 5.92 Å². The molecule has 0 aromatic heterocycles. The molecule has 1 aliphatic heterocycles. The number of ketones is 1. The fourth-order valence-corrected chi connectivity index (χ4v) is 3.48. The summed E-state index contributed by atoms with van der Waals surface area (Å²) in [5.41, 5.74) is 1.32. The molecule has 102 valence electrons. The van der Waals surface area contributed by atoms with E-state index in [1.807, 2.05) is 12.1 Å². The molecule has 0 unspecified atom stereocenters. The summed E-state index contributed by atoms with van der Waals surface area (Å²) in [5, 5.41) is 0. The van der Waals surface area contributed by atoms with E-state index in [2.05, 4.69) is 12.1 Å². The first-order chi connectivity index (χ1) is 9.26. The van der Waals surface area contributed by atoms with Crippen LogP contribution in [0.2, 0.25) is 0 Å². The van der Waals surface area contributed by atoms with Crippen molar-refractivity contribution < 1.29 is 14.3 Å². The summed E-state index contributed by atoms with van der Waals surface area (Å²) in [4.78, 5) is 11.4. The Morgan fingerprint density at radius 1 is 1.21 bits per heavy atom. The van der Waals surface area contributed by atoms with Crippen molar-refractivity contribution in [2.75, 3.05) is 20.3 Å². The summed E-state index contributed by atoms with van der Waals surface area (Å²) in [5.74, 6) is 1.89. The van der Waals surface area contributed by atoms with Crippen LogP contribution in [0.3, 0.4) is 0 Å². The van der Waals surface area contributed by atoms with E-state index in [1.54, 1.807) is 7.11 Å². The molecule has 1 aliphatic carbocycles. The number of carbonyl (C=O) groups excluding carboxylic acids is 1. The molecule has 0 radical (unpaired) electrons. The van der Waals surface area contributed by atoms with Gasteiger partial charge >= 0.3 is 0 Å². The molecule has 2 fully saturated rings. The lowest BCUT2D eigenvalue weighted by molar-refractivity contribution is -0.127. The molecule has 3 heteroatoms. The van der Waals surface area contributed by atoms with Crippen molar-refractivity contribution in [3.8, 4) is 5.75 Å². The Hall–Kier alpha value is -1.35. The van der Waals surface area contributed by atoms with Gasteiger partial charge in [0.1, 0.15) is 11.5 Å². The highest BCUT2D eigenvalue weighted by molar-refractivity contribution is 5.79. The molecule has 1 heterocycles. The highest BCUT2D eigenvalue weighted by Gasteiger charge is 2.49. The lowest BCUT2D eigenvalue weighted by atomic mass is 9.63. The molecule has 1 saturated carbocycles. The standard InChI is InChI=1S/C16H20O3/c1-18-15-5-3-2-4-14(15)16(10-19-11-16)12-6-8-13(17)9-7-12/h2-5,12H,6-11H2,1H3. The number of Topliss-reactive ketones (excluding diaryl/α,β-unsaturated/α-hetero) is 1. The second kappa shape index (κ2) is 4.97. The van der Waals surface area contributed by atoms with Gasteiger partial charge in [0.05, 0.1) is 20.3 Å². The Kier molecular flexibility index (Phi) is 3.31. The highest BCUT2D eigenvalue weighted by atomic mass is 16.5. The van der Waals surface area contributed by atoms with E-state index in [-0.39, 0.29) is 5.41 Å². The van der Waals surface area contributed by atoms with Crippen LogP contribution in [-0.2, 0) is 14.9 Å². The normalized spacial score (nSPS) is 22.9. The first-order valence-electron chi connectivity index (χ1n) is 6.99. The maximum Gasteiger partial charge on any atom is 0.132 e. The van der Waals surface area contributed by atoms with Gasteiger partial charge in [-0.2, -0.15) is 0 Å². The van der Waals surface area contributed by atoms with Crippen molar-refractivity contribution in [3.63, 3.8) is 0 Å². The first-order valence-corrected chi connectivity index (χ1v) is 6.99. The van der Waals surface area contributed by atoms with E-state index >= 15 is 0 Å². The zero-order valence-electron chi connectivity index (χ0n) is 11.4. The van der Waals surface area contributed by atoms with Crippen molar-refractivity contribution >= 4 is 5.78 Å². The Morgan fingerprint density at radius 2 is 1.89 bits per heavy atom. The predicted octanol–water partition coefficient (Wildman–Crippen LogP) is 2.72. The number of ether oxygens (including phenoxy) is 2.